The van der Waals surface area contributed by atoms with Crippen LogP contribution in [0.1, 0.15) is 50.7 Å². The number of benzene rings is 2. The molecule has 1 unspecified atom stereocenters. The summed E-state index contributed by atoms with van der Waals surface area (Å²) in [7, 11) is 0. The number of nitrogens with zero attached hydrogens (tertiary/aromatic N) is 1. The quantitative estimate of drug-likeness (QED) is 0.727. The summed E-state index contributed by atoms with van der Waals surface area (Å²) in [6.45, 7) is 7.13. The number of carbonyl (C=O) groups excluding carboxylic acids is 1. The summed E-state index contributed by atoms with van der Waals surface area (Å²) in [5.74, 6) is 0.435. The second kappa shape index (κ2) is 9.71. The third-order valence-corrected chi connectivity index (χ3v) is 5.70. The molecule has 1 heterocycles. The van der Waals surface area contributed by atoms with Gasteiger partial charge in [-0.3, -0.25) is 0 Å². The summed E-state index contributed by atoms with van der Waals surface area (Å²) in [6, 6.07) is 17.7. The number of ether oxygens (including phenoxy) is 2. The Bertz CT molecular complexity index is 855. The Balaban J connectivity index is 1.71. The smallest absolute Gasteiger partial charge is 0.410 e. The van der Waals surface area contributed by atoms with Gasteiger partial charge in [-0.15, -0.1) is 0 Å². The van der Waals surface area contributed by atoms with Crippen molar-refractivity contribution in [2.75, 3.05) is 19.6 Å². The van der Waals surface area contributed by atoms with Gasteiger partial charge >= 0.3 is 6.09 Å². The van der Waals surface area contributed by atoms with Crippen molar-refractivity contribution in [3.05, 3.63) is 65.7 Å². The van der Waals surface area contributed by atoms with Crippen LogP contribution in [0.3, 0.4) is 0 Å². The monoisotopic (exact) mass is 426 g/mol. The maximum atomic E-state index is 12.4. The first-order chi connectivity index (χ1) is 14.7. The highest BCUT2D eigenvalue weighted by molar-refractivity contribution is 5.68. The molecule has 1 amide bonds. The fraction of sp³-hybridized carbons (Fsp3) is 0.480. The third-order valence-electron chi connectivity index (χ3n) is 5.70. The van der Waals surface area contributed by atoms with E-state index in [2.05, 4.69) is 0 Å². The Hall–Kier alpha value is -2.57. The van der Waals surface area contributed by atoms with Crippen molar-refractivity contribution >= 4 is 6.09 Å². The lowest BCUT2D eigenvalue weighted by Crippen LogP contribution is -2.52. The standard InChI is InChI=1S/C25H34N2O4/c1-24(2,3)31-23(28)27-15-13-25(29,14-16-27)21(17-26)20-11-7-8-12-22(20)30-18-19-9-5-4-6-10-19/h4-12,21,29H,13-18,26H2,1-3H3. The number of likely N-dealkylation sites (tertiary alicyclic amines) is 1. The van der Waals surface area contributed by atoms with E-state index in [4.69, 9.17) is 15.2 Å². The Morgan fingerprint density at radius 1 is 1.10 bits per heavy atom. The van der Waals surface area contributed by atoms with Crippen LogP contribution in [-0.4, -0.2) is 46.9 Å². The first kappa shape index (κ1) is 23.1. The minimum absolute atomic E-state index is 0.286. The molecule has 168 valence electrons. The summed E-state index contributed by atoms with van der Waals surface area (Å²) in [5.41, 5.74) is 6.57. The van der Waals surface area contributed by atoms with Crippen LogP contribution >= 0.6 is 0 Å². The van der Waals surface area contributed by atoms with Gasteiger partial charge in [0.15, 0.2) is 0 Å². The van der Waals surface area contributed by atoms with E-state index < -0.39 is 11.2 Å². The number of hydrogen-bond acceptors (Lipinski definition) is 5. The van der Waals surface area contributed by atoms with E-state index in [-0.39, 0.29) is 18.6 Å². The Kier molecular flexibility index (Phi) is 7.23. The van der Waals surface area contributed by atoms with Gasteiger partial charge in [-0.25, -0.2) is 4.79 Å². The molecule has 1 aliphatic heterocycles. The number of amides is 1. The number of rotatable bonds is 6. The van der Waals surface area contributed by atoms with E-state index in [0.717, 1.165) is 16.9 Å². The highest BCUT2D eigenvalue weighted by Crippen LogP contribution is 2.40. The molecule has 3 N–H and O–H groups in total. The van der Waals surface area contributed by atoms with Crippen LogP contribution in [0.15, 0.2) is 54.6 Å². The molecule has 1 fully saturated rings. The number of nitrogens with two attached hydrogens (primary N) is 1. The molecular weight excluding hydrogens is 392 g/mol. The maximum absolute atomic E-state index is 12.4. The first-order valence-electron chi connectivity index (χ1n) is 10.9. The summed E-state index contributed by atoms with van der Waals surface area (Å²) in [4.78, 5) is 14.0. The van der Waals surface area contributed by atoms with Gasteiger partial charge in [-0.05, 0) is 45.2 Å². The molecule has 0 spiro atoms. The summed E-state index contributed by atoms with van der Waals surface area (Å²) in [6.07, 6.45) is 0.521. The van der Waals surface area contributed by atoms with Crippen LogP contribution < -0.4 is 10.5 Å². The molecule has 6 nitrogen and oxygen atoms in total. The zero-order valence-electron chi connectivity index (χ0n) is 18.7. The van der Waals surface area contributed by atoms with Crippen LogP contribution in [0, 0.1) is 0 Å². The van der Waals surface area contributed by atoms with E-state index in [1.165, 1.54) is 0 Å². The van der Waals surface area contributed by atoms with Crippen molar-refractivity contribution < 1.29 is 19.4 Å². The molecule has 2 aromatic rings. The fourth-order valence-corrected chi connectivity index (χ4v) is 4.02. The fourth-order valence-electron chi connectivity index (χ4n) is 4.02. The molecule has 1 aliphatic rings. The van der Waals surface area contributed by atoms with Crippen molar-refractivity contribution in [1.29, 1.82) is 0 Å². The normalized spacial score (nSPS) is 17.1. The highest BCUT2D eigenvalue weighted by atomic mass is 16.6. The van der Waals surface area contributed by atoms with Gasteiger partial charge in [0, 0.05) is 31.1 Å². The molecule has 0 saturated carbocycles. The van der Waals surface area contributed by atoms with Crippen molar-refractivity contribution in [3.63, 3.8) is 0 Å². The number of hydrogen-bond donors (Lipinski definition) is 2. The maximum Gasteiger partial charge on any atom is 0.410 e. The first-order valence-corrected chi connectivity index (χ1v) is 10.9. The predicted octanol–water partition coefficient (Wildman–Crippen LogP) is 4.07. The Labute approximate surface area is 185 Å². The summed E-state index contributed by atoms with van der Waals surface area (Å²) < 4.78 is 11.6. The largest absolute Gasteiger partial charge is 0.489 e. The molecular formula is C25H34N2O4. The Morgan fingerprint density at radius 2 is 1.71 bits per heavy atom. The van der Waals surface area contributed by atoms with Crippen LogP contribution in [0.2, 0.25) is 0 Å². The van der Waals surface area contributed by atoms with Gasteiger partial charge in [0.1, 0.15) is 18.0 Å². The number of carbonyl (C=O) groups is 1. The van der Waals surface area contributed by atoms with E-state index in [0.29, 0.717) is 32.5 Å². The molecule has 0 aromatic heterocycles. The third kappa shape index (κ3) is 5.99. The van der Waals surface area contributed by atoms with Crippen LogP contribution in [0.5, 0.6) is 5.75 Å². The zero-order valence-corrected chi connectivity index (χ0v) is 18.7. The summed E-state index contributed by atoms with van der Waals surface area (Å²) >= 11 is 0. The molecule has 0 radical (unpaired) electrons. The molecule has 0 bridgehead atoms. The molecule has 1 saturated heterocycles. The van der Waals surface area contributed by atoms with Crippen LogP contribution in [-0.2, 0) is 11.3 Å². The van der Waals surface area contributed by atoms with Crippen molar-refractivity contribution in [3.8, 4) is 5.75 Å². The minimum Gasteiger partial charge on any atom is -0.489 e. The van der Waals surface area contributed by atoms with Gasteiger partial charge in [-0.2, -0.15) is 0 Å². The zero-order chi connectivity index (χ0) is 22.5. The molecule has 6 heteroatoms. The minimum atomic E-state index is -1.01. The number of para-hydroxylation sites is 1. The predicted molar refractivity (Wildman–Crippen MR) is 121 cm³/mol. The van der Waals surface area contributed by atoms with E-state index in [1.807, 2.05) is 75.4 Å². The van der Waals surface area contributed by atoms with Gasteiger partial charge in [-0.1, -0.05) is 48.5 Å². The molecule has 1 atom stereocenters. The molecule has 31 heavy (non-hydrogen) atoms. The van der Waals surface area contributed by atoms with Crippen LogP contribution in [0.25, 0.3) is 0 Å². The lowest BCUT2D eigenvalue weighted by Gasteiger charge is -2.43. The van der Waals surface area contributed by atoms with Gasteiger partial charge in [0.05, 0.1) is 5.60 Å². The SMILES string of the molecule is CC(C)(C)OC(=O)N1CCC(O)(C(CN)c2ccccc2OCc2ccccc2)CC1. The van der Waals surface area contributed by atoms with E-state index >= 15 is 0 Å². The topological polar surface area (TPSA) is 85.0 Å². The lowest BCUT2D eigenvalue weighted by atomic mass is 9.75. The average Bonchev–Trinajstić information content (AvgIpc) is 2.73. The molecule has 0 aliphatic carbocycles. The molecule has 3 rings (SSSR count). The van der Waals surface area contributed by atoms with E-state index in [9.17, 15) is 9.90 Å². The Morgan fingerprint density at radius 3 is 2.32 bits per heavy atom. The second-order valence-electron chi connectivity index (χ2n) is 9.17. The summed E-state index contributed by atoms with van der Waals surface area (Å²) in [5, 5.41) is 11.5. The highest BCUT2D eigenvalue weighted by Gasteiger charge is 2.42. The lowest BCUT2D eigenvalue weighted by molar-refractivity contribution is -0.0473. The van der Waals surface area contributed by atoms with Gasteiger partial charge in [0.25, 0.3) is 0 Å². The van der Waals surface area contributed by atoms with Crippen molar-refractivity contribution in [2.45, 2.75) is 57.3 Å². The van der Waals surface area contributed by atoms with E-state index in [1.54, 1.807) is 4.90 Å². The second-order valence-corrected chi connectivity index (χ2v) is 9.17. The van der Waals surface area contributed by atoms with Crippen molar-refractivity contribution in [1.82, 2.24) is 4.90 Å². The van der Waals surface area contributed by atoms with Crippen LogP contribution in [0.4, 0.5) is 4.79 Å². The average molecular weight is 427 g/mol. The molecule has 2 aromatic carbocycles. The number of piperidine rings is 1. The van der Waals surface area contributed by atoms with Gasteiger partial charge in [0.2, 0.25) is 0 Å². The number of aliphatic hydroxyl groups is 1. The van der Waals surface area contributed by atoms with Crippen molar-refractivity contribution in [2.24, 2.45) is 5.73 Å². The van der Waals surface area contributed by atoms with Gasteiger partial charge < -0.3 is 25.2 Å².